The van der Waals surface area contributed by atoms with Crippen molar-refractivity contribution >= 4 is 5.84 Å². The Balaban J connectivity index is 2.30. The van der Waals surface area contributed by atoms with Crippen LogP contribution in [0.5, 0.6) is 0 Å². The monoisotopic (exact) mass is 175 g/mol. The Hall–Kier alpha value is -1.35. The molecule has 0 bridgehead atoms. The number of rotatable bonds is 1. The van der Waals surface area contributed by atoms with E-state index in [1.807, 2.05) is 44.2 Å². The minimum absolute atomic E-state index is 0.203. The fraction of sp³-hybridized carbons (Fsp3) is 0.300. The maximum absolute atomic E-state index is 4.49. The summed E-state index contributed by atoms with van der Waals surface area (Å²) in [5, 5.41) is 0. The van der Waals surface area contributed by atoms with Crippen molar-refractivity contribution in [3.63, 3.8) is 0 Å². The van der Waals surface area contributed by atoms with Crippen LogP contribution in [0.15, 0.2) is 35.3 Å². The number of hydrazine groups is 1. The van der Waals surface area contributed by atoms with Crippen molar-refractivity contribution in [3.8, 4) is 0 Å². The van der Waals surface area contributed by atoms with Gasteiger partial charge < -0.3 is 5.43 Å². The van der Waals surface area contributed by atoms with E-state index in [1.165, 1.54) is 0 Å². The van der Waals surface area contributed by atoms with E-state index < -0.39 is 0 Å². The van der Waals surface area contributed by atoms with Crippen molar-refractivity contribution in [1.82, 2.24) is 10.9 Å². The molecule has 3 heteroatoms. The first-order valence-electron chi connectivity index (χ1n) is 4.36. The minimum atomic E-state index is -0.203. The molecule has 13 heavy (non-hydrogen) atoms. The van der Waals surface area contributed by atoms with Gasteiger partial charge in [-0.05, 0) is 13.8 Å². The Morgan fingerprint density at radius 3 is 2.38 bits per heavy atom. The van der Waals surface area contributed by atoms with Crippen LogP contribution in [-0.4, -0.2) is 11.5 Å². The van der Waals surface area contributed by atoms with E-state index in [9.17, 15) is 0 Å². The van der Waals surface area contributed by atoms with Crippen LogP contribution in [0.1, 0.15) is 19.4 Å². The SMILES string of the molecule is CC1(C)N=C(c2ccccc2)NN1. The third kappa shape index (κ3) is 1.70. The molecule has 1 heterocycles. The molecule has 0 saturated heterocycles. The van der Waals surface area contributed by atoms with Crippen molar-refractivity contribution in [2.45, 2.75) is 19.5 Å². The molecular formula is C10H13N3. The average molecular weight is 175 g/mol. The Labute approximate surface area is 77.9 Å². The number of amidine groups is 1. The van der Waals surface area contributed by atoms with Gasteiger partial charge in [0.1, 0.15) is 11.5 Å². The van der Waals surface area contributed by atoms with Crippen LogP contribution in [-0.2, 0) is 0 Å². The maximum atomic E-state index is 4.49. The maximum Gasteiger partial charge on any atom is 0.144 e. The van der Waals surface area contributed by atoms with Gasteiger partial charge in [0.15, 0.2) is 0 Å². The molecule has 0 saturated carbocycles. The van der Waals surface area contributed by atoms with E-state index in [4.69, 9.17) is 0 Å². The van der Waals surface area contributed by atoms with E-state index in [0.717, 1.165) is 11.4 Å². The first-order valence-corrected chi connectivity index (χ1v) is 4.36. The minimum Gasteiger partial charge on any atom is -0.303 e. The summed E-state index contributed by atoms with van der Waals surface area (Å²) in [5.74, 6) is 0.908. The molecule has 2 rings (SSSR count). The number of nitrogens with one attached hydrogen (secondary N) is 2. The predicted molar refractivity (Wildman–Crippen MR) is 53.3 cm³/mol. The lowest BCUT2D eigenvalue weighted by Gasteiger charge is -2.11. The van der Waals surface area contributed by atoms with Gasteiger partial charge in [0.25, 0.3) is 0 Å². The molecule has 1 aliphatic rings. The van der Waals surface area contributed by atoms with Crippen molar-refractivity contribution < 1.29 is 0 Å². The van der Waals surface area contributed by atoms with Crippen LogP contribution in [0.25, 0.3) is 0 Å². The second-order valence-corrected chi connectivity index (χ2v) is 3.64. The van der Waals surface area contributed by atoms with Crippen molar-refractivity contribution in [1.29, 1.82) is 0 Å². The third-order valence-electron chi connectivity index (χ3n) is 1.93. The molecule has 0 fully saturated rings. The van der Waals surface area contributed by atoms with Crippen LogP contribution in [0.4, 0.5) is 0 Å². The summed E-state index contributed by atoms with van der Waals surface area (Å²) in [4.78, 5) is 4.49. The largest absolute Gasteiger partial charge is 0.303 e. The van der Waals surface area contributed by atoms with Gasteiger partial charge in [0.05, 0.1) is 0 Å². The molecule has 0 unspecified atom stereocenters. The van der Waals surface area contributed by atoms with Gasteiger partial charge in [-0.15, -0.1) is 0 Å². The van der Waals surface area contributed by atoms with Gasteiger partial charge in [-0.2, -0.15) is 0 Å². The van der Waals surface area contributed by atoms with Gasteiger partial charge in [-0.1, -0.05) is 30.3 Å². The molecular weight excluding hydrogens is 162 g/mol. The zero-order chi connectivity index (χ0) is 9.31. The van der Waals surface area contributed by atoms with Gasteiger partial charge in [0.2, 0.25) is 0 Å². The van der Waals surface area contributed by atoms with Crippen LogP contribution in [0, 0.1) is 0 Å². The zero-order valence-corrected chi connectivity index (χ0v) is 7.83. The standard InChI is InChI=1S/C10H13N3/c1-10(2)11-9(12-13-10)8-6-4-3-5-7-8/h3-7,13H,1-2H3,(H,11,12). The molecule has 2 N–H and O–H groups in total. The normalized spacial score (nSPS) is 19.4. The van der Waals surface area contributed by atoms with Crippen LogP contribution >= 0.6 is 0 Å². The van der Waals surface area contributed by atoms with E-state index in [-0.39, 0.29) is 5.66 Å². The summed E-state index contributed by atoms with van der Waals surface area (Å²) in [6.07, 6.45) is 0. The van der Waals surface area contributed by atoms with Crippen LogP contribution < -0.4 is 10.9 Å². The smallest absolute Gasteiger partial charge is 0.144 e. The third-order valence-corrected chi connectivity index (χ3v) is 1.93. The number of benzene rings is 1. The highest BCUT2D eigenvalue weighted by Crippen LogP contribution is 2.11. The quantitative estimate of drug-likeness (QED) is 0.674. The number of hydrogen-bond acceptors (Lipinski definition) is 3. The predicted octanol–water partition coefficient (Wildman–Crippen LogP) is 1.28. The molecule has 0 radical (unpaired) electrons. The Bertz CT molecular complexity index is 327. The van der Waals surface area contributed by atoms with Gasteiger partial charge in [-0.25, -0.2) is 10.4 Å². The summed E-state index contributed by atoms with van der Waals surface area (Å²) in [6.45, 7) is 4.05. The van der Waals surface area contributed by atoms with E-state index >= 15 is 0 Å². The van der Waals surface area contributed by atoms with E-state index in [2.05, 4.69) is 15.8 Å². The summed E-state index contributed by atoms with van der Waals surface area (Å²) >= 11 is 0. The lowest BCUT2D eigenvalue weighted by molar-refractivity contribution is 0.422. The summed E-state index contributed by atoms with van der Waals surface area (Å²) in [5.41, 5.74) is 7.06. The fourth-order valence-corrected chi connectivity index (χ4v) is 1.28. The average Bonchev–Trinajstić information content (AvgIpc) is 2.48. The molecule has 1 aromatic rings. The molecule has 0 amide bonds. The van der Waals surface area contributed by atoms with Gasteiger partial charge in [0, 0.05) is 5.56 Å². The fourth-order valence-electron chi connectivity index (χ4n) is 1.28. The number of hydrogen-bond donors (Lipinski definition) is 2. The molecule has 68 valence electrons. The first kappa shape index (κ1) is 8.26. The van der Waals surface area contributed by atoms with Crippen LogP contribution in [0.3, 0.4) is 0 Å². The van der Waals surface area contributed by atoms with Crippen molar-refractivity contribution in [2.75, 3.05) is 0 Å². The molecule has 3 nitrogen and oxygen atoms in total. The Morgan fingerprint density at radius 2 is 1.85 bits per heavy atom. The molecule has 0 aliphatic carbocycles. The molecule has 0 spiro atoms. The highest BCUT2D eigenvalue weighted by molar-refractivity contribution is 5.99. The number of nitrogens with zero attached hydrogens (tertiary/aromatic N) is 1. The second-order valence-electron chi connectivity index (χ2n) is 3.64. The first-order chi connectivity index (χ1) is 6.17. The molecule has 1 aliphatic heterocycles. The van der Waals surface area contributed by atoms with Crippen molar-refractivity contribution in [3.05, 3.63) is 35.9 Å². The Morgan fingerprint density at radius 1 is 1.15 bits per heavy atom. The van der Waals surface area contributed by atoms with E-state index in [1.54, 1.807) is 0 Å². The molecule has 0 atom stereocenters. The van der Waals surface area contributed by atoms with Crippen molar-refractivity contribution in [2.24, 2.45) is 4.99 Å². The molecule has 0 aromatic heterocycles. The highest BCUT2D eigenvalue weighted by Gasteiger charge is 2.23. The second kappa shape index (κ2) is 2.85. The zero-order valence-electron chi connectivity index (χ0n) is 7.83. The van der Waals surface area contributed by atoms with Crippen LogP contribution in [0.2, 0.25) is 0 Å². The lowest BCUT2D eigenvalue weighted by Crippen LogP contribution is -2.41. The topological polar surface area (TPSA) is 36.4 Å². The van der Waals surface area contributed by atoms with Gasteiger partial charge >= 0.3 is 0 Å². The molecule has 1 aromatic carbocycles. The summed E-state index contributed by atoms with van der Waals surface area (Å²) < 4.78 is 0. The summed E-state index contributed by atoms with van der Waals surface area (Å²) in [7, 11) is 0. The van der Waals surface area contributed by atoms with Gasteiger partial charge in [-0.3, -0.25) is 0 Å². The lowest BCUT2D eigenvalue weighted by atomic mass is 10.2. The Kier molecular flexibility index (Phi) is 1.81. The number of aliphatic imine (C=N–C) groups is 1. The highest BCUT2D eigenvalue weighted by atomic mass is 15.5. The summed E-state index contributed by atoms with van der Waals surface area (Å²) in [6, 6.07) is 10.1. The van der Waals surface area contributed by atoms with E-state index in [0.29, 0.717) is 0 Å².